The molecule has 2 aliphatic heterocycles. The van der Waals surface area contributed by atoms with Gasteiger partial charge in [0.1, 0.15) is 54.4 Å². The van der Waals surface area contributed by atoms with Crippen molar-refractivity contribution in [2.24, 2.45) is 17.6 Å². The number of nitrogens with two attached hydrogens (primary N) is 1. The summed E-state index contributed by atoms with van der Waals surface area (Å²) >= 11 is 0. The maximum absolute atomic E-state index is 14.6. The number of nitrogens with one attached hydrogen (secondary N) is 8. The summed E-state index contributed by atoms with van der Waals surface area (Å²) in [6.45, 7) is 8.36. The van der Waals surface area contributed by atoms with Crippen molar-refractivity contribution in [2.75, 3.05) is 13.1 Å². The van der Waals surface area contributed by atoms with Crippen molar-refractivity contribution in [3.05, 3.63) is 143 Å². The Bertz CT molecular complexity index is 3240. The summed E-state index contributed by atoms with van der Waals surface area (Å²) in [6, 6.07) is 19.8. The van der Waals surface area contributed by atoms with Crippen LogP contribution in [-0.2, 0) is 89.8 Å². The van der Waals surface area contributed by atoms with Gasteiger partial charge in [-0.15, -0.1) is 0 Å². The highest BCUT2D eigenvalue weighted by molar-refractivity contribution is 5.99. The minimum Gasteiger partial charge on any atom is -0.481 e. The van der Waals surface area contributed by atoms with Crippen molar-refractivity contribution >= 4 is 71.0 Å². The number of carbonyl (C=O) groups is 12. The molecule has 0 aromatic heterocycles. The Labute approximate surface area is 527 Å². The van der Waals surface area contributed by atoms with Gasteiger partial charge in [0.15, 0.2) is 0 Å². The number of carboxylic acids is 2. The molecule has 26 heteroatoms. The first-order chi connectivity index (χ1) is 43.2. The molecule has 11 atom stereocenters. The Morgan fingerprint density at radius 2 is 1.01 bits per heavy atom. The van der Waals surface area contributed by atoms with E-state index >= 15 is 0 Å². The van der Waals surface area contributed by atoms with Crippen molar-refractivity contribution in [3.8, 4) is 0 Å². The van der Waals surface area contributed by atoms with Gasteiger partial charge in [-0.05, 0) is 72.8 Å². The number of carboxylic acid groups (broad SMARTS) is 2. The van der Waals surface area contributed by atoms with E-state index in [1.54, 1.807) is 125 Å². The number of amides is 10. The van der Waals surface area contributed by atoms with Gasteiger partial charge in [-0.2, -0.15) is 0 Å². The first-order valence-electron chi connectivity index (χ1n) is 30.3. The zero-order chi connectivity index (χ0) is 66.6. The van der Waals surface area contributed by atoms with Gasteiger partial charge in [0.2, 0.25) is 59.1 Å². The van der Waals surface area contributed by atoms with Gasteiger partial charge in [0.25, 0.3) is 0 Å². The summed E-state index contributed by atoms with van der Waals surface area (Å²) in [6.07, 6.45) is -2.11. The van der Waals surface area contributed by atoms with Crippen molar-refractivity contribution in [3.63, 3.8) is 0 Å². The largest absolute Gasteiger partial charge is 0.481 e. The maximum atomic E-state index is 14.6. The second-order valence-electron chi connectivity index (χ2n) is 23.6. The minimum atomic E-state index is -1.91. The zero-order valence-corrected chi connectivity index (χ0v) is 51.8. The summed E-state index contributed by atoms with van der Waals surface area (Å²) in [7, 11) is 0. The fourth-order valence-electron chi connectivity index (χ4n) is 10.8. The Hall–Kier alpha value is -9.56. The molecule has 10 amide bonds. The number of rotatable bonds is 30. The summed E-state index contributed by atoms with van der Waals surface area (Å²) in [5.74, 6) is -12.4. The van der Waals surface area contributed by atoms with Gasteiger partial charge < -0.3 is 73.4 Å². The van der Waals surface area contributed by atoms with Crippen LogP contribution in [0.4, 0.5) is 0 Å². The number of likely N-dealkylation sites (tertiary alicyclic amines) is 1. The molecule has 0 aliphatic carbocycles. The van der Waals surface area contributed by atoms with E-state index in [1.807, 2.05) is 18.2 Å². The highest BCUT2D eigenvalue weighted by Crippen LogP contribution is 2.26. The van der Waals surface area contributed by atoms with Gasteiger partial charge in [-0.25, -0.2) is 4.79 Å². The molecule has 1 saturated heterocycles. The van der Waals surface area contributed by atoms with Gasteiger partial charge in [0, 0.05) is 32.4 Å². The second kappa shape index (κ2) is 33.3. The standard InChI is InChI=1S/C65H83N11O15/c1-36(2)53(62(87)67-34-51(78)75-28-18-27-49(75)60(85)69-46(30-41-21-12-8-13-22-41)58(83)68-38(5)56(81)71-48(65(90)91)31-42-23-14-9-15-24-42)72-59(84)47(33-52(79)80)70-63(88)55(39(6)77)74-61(86)50-32-43-25-16-17-26-44(43)35-76(50)64(89)54(37(3)4)73-57(82)45(66)29-40-19-10-7-11-20-40/h7-17,19-26,36-39,45-50,53-55,77H,18,27-35,66H2,1-6H3,(H,67,87)(H,68,83)(H,69,85)(H,70,88)(H,71,81)(H,72,84)(H,73,82)(H,74,86)(H,79,80)(H,90,91)/t38-,39+,45-,46-,47-,48-,49-,50-,53-,54-,55-/m0/s1. The van der Waals surface area contributed by atoms with Gasteiger partial charge in [-0.1, -0.05) is 143 Å². The highest BCUT2D eigenvalue weighted by atomic mass is 16.4. The number of aliphatic carboxylic acids is 2. The summed E-state index contributed by atoms with van der Waals surface area (Å²) in [5.41, 5.74) is 9.80. The molecule has 1 fully saturated rings. The van der Waals surface area contributed by atoms with Crippen molar-refractivity contribution < 1.29 is 72.9 Å². The third-order valence-corrected chi connectivity index (χ3v) is 15.9. The highest BCUT2D eigenvalue weighted by Gasteiger charge is 2.43. The summed E-state index contributed by atoms with van der Waals surface area (Å²) in [5, 5.41) is 50.9. The lowest BCUT2D eigenvalue weighted by Gasteiger charge is -2.39. The predicted molar refractivity (Wildman–Crippen MR) is 331 cm³/mol. The number of hydrogen-bond acceptors (Lipinski definition) is 14. The lowest BCUT2D eigenvalue weighted by Crippen LogP contribution is -2.63. The van der Waals surface area contributed by atoms with Crippen molar-refractivity contribution in [1.29, 1.82) is 0 Å². The average molecular weight is 1260 g/mol. The molecule has 0 spiro atoms. The number of aliphatic hydroxyl groups excluding tert-OH is 1. The molecular weight excluding hydrogens is 1170 g/mol. The van der Waals surface area contributed by atoms with Crippen LogP contribution in [-0.4, -0.2) is 176 Å². The fraction of sp³-hybridized carbons (Fsp3) is 0.446. The number of aliphatic hydroxyl groups is 1. The van der Waals surface area contributed by atoms with Crippen LogP contribution in [0.25, 0.3) is 0 Å². The fourth-order valence-corrected chi connectivity index (χ4v) is 10.8. The van der Waals surface area contributed by atoms with Crippen molar-refractivity contribution in [2.45, 2.75) is 160 Å². The first-order valence-corrected chi connectivity index (χ1v) is 30.3. The molecule has 4 aromatic carbocycles. The number of hydrogen-bond donors (Lipinski definition) is 12. The minimum absolute atomic E-state index is 0.0247. The number of benzene rings is 4. The topological polar surface area (TPSA) is 394 Å². The van der Waals surface area contributed by atoms with E-state index in [2.05, 4.69) is 42.5 Å². The quantitative estimate of drug-likeness (QED) is 0.0321. The third-order valence-electron chi connectivity index (χ3n) is 15.9. The van der Waals surface area contributed by atoms with E-state index in [1.165, 1.54) is 23.6 Å². The van der Waals surface area contributed by atoms with Crippen LogP contribution < -0.4 is 48.3 Å². The molecule has 2 aliphatic rings. The Morgan fingerprint density at radius 3 is 1.56 bits per heavy atom. The Kier molecular flexibility index (Phi) is 25.8. The summed E-state index contributed by atoms with van der Waals surface area (Å²) < 4.78 is 0. The second-order valence-corrected chi connectivity index (χ2v) is 23.6. The van der Waals surface area contributed by atoms with Gasteiger partial charge >= 0.3 is 11.9 Å². The van der Waals surface area contributed by atoms with Crippen molar-refractivity contribution in [1.82, 2.24) is 52.3 Å². The normalized spacial score (nSPS) is 17.4. The van der Waals surface area contributed by atoms with Crippen LogP contribution >= 0.6 is 0 Å². The molecule has 0 bridgehead atoms. The van der Waals surface area contributed by atoms with E-state index in [4.69, 9.17) is 5.73 Å². The van der Waals surface area contributed by atoms with Crippen LogP contribution in [0, 0.1) is 11.8 Å². The molecule has 0 saturated carbocycles. The summed E-state index contributed by atoms with van der Waals surface area (Å²) in [4.78, 5) is 166. The molecule has 91 heavy (non-hydrogen) atoms. The number of carbonyl (C=O) groups excluding carboxylic acids is 10. The lowest BCUT2D eigenvalue weighted by molar-refractivity contribution is -0.147. The van der Waals surface area contributed by atoms with E-state index < -0.39 is 162 Å². The maximum Gasteiger partial charge on any atom is 0.326 e. The molecule has 26 nitrogen and oxygen atoms in total. The zero-order valence-electron chi connectivity index (χ0n) is 51.8. The molecule has 488 valence electrons. The van der Waals surface area contributed by atoms with E-state index in [9.17, 15) is 72.9 Å². The first kappa shape index (κ1) is 70.5. The molecule has 13 N–H and O–H groups in total. The van der Waals surface area contributed by atoms with E-state index in [-0.39, 0.29) is 45.2 Å². The SMILES string of the molecule is CC(C)[C@H](NC(=O)[C@H](CC(=O)O)NC(=O)[C@@H](NC(=O)[C@@H]1Cc2ccccc2CN1C(=O)[C@@H](NC(=O)[C@@H](N)Cc1ccccc1)C(C)C)[C@@H](C)O)C(=O)NCC(=O)N1CCC[C@H]1C(=O)N[C@@H](Cc1ccccc1)C(=O)N[C@@H](C)C(=O)N[C@@H](Cc1ccccc1)C(=O)O. The molecular formula is C65H83N11O15. The molecule has 6 rings (SSSR count). The predicted octanol–water partition coefficient (Wildman–Crippen LogP) is -0.232. The van der Waals surface area contributed by atoms with E-state index in [0.717, 1.165) is 5.56 Å². The molecule has 0 unspecified atom stereocenters. The molecule has 4 aromatic rings. The van der Waals surface area contributed by atoms with Gasteiger partial charge in [0.05, 0.1) is 25.1 Å². The van der Waals surface area contributed by atoms with Crippen LogP contribution in [0.15, 0.2) is 115 Å². The lowest BCUT2D eigenvalue weighted by atomic mass is 9.91. The van der Waals surface area contributed by atoms with Crippen LogP contribution in [0.1, 0.15) is 88.6 Å². The monoisotopic (exact) mass is 1260 g/mol. The molecule has 2 heterocycles. The van der Waals surface area contributed by atoms with Gasteiger partial charge in [-0.3, -0.25) is 52.7 Å². The molecule has 0 radical (unpaired) electrons. The number of nitrogens with zero attached hydrogens (tertiary/aromatic N) is 2. The average Bonchev–Trinajstić information content (AvgIpc) is 1.18. The van der Waals surface area contributed by atoms with E-state index in [0.29, 0.717) is 28.7 Å². The van der Waals surface area contributed by atoms with Crippen LogP contribution in [0.5, 0.6) is 0 Å². The van der Waals surface area contributed by atoms with Crippen LogP contribution in [0.2, 0.25) is 0 Å². The third kappa shape index (κ3) is 20.2. The van der Waals surface area contributed by atoms with Crippen LogP contribution in [0.3, 0.4) is 0 Å². The Morgan fingerprint density at radius 1 is 0.505 bits per heavy atom. The Balaban J connectivity index is 1.08. The number of fused-ring (bicyclic) bond motifs is 1. The smallest absolute Gasteiger partial charge is 0.326 e.